The first-order chi connectivity index (χ1) is 9.08. The van der Waals surface area contributed by atoms with Crippen molar-refractivity contribution in [1.29, 1.82) is 0 Å². The molecule has 0 amide bonds. The minimum Gasteiger partial charge on any atom is -0.394 e. The standard InChI is InChI=1S/C16H34N2O/c1-5-8-14(3)18(4)15-9-7-10-16(12-15,13-19)17-11-6-2/h14-15,17,19H,5-13H2,1-4H3. The van der Waals surface area contributed by atoms with Crippen LogP contribution in [0.25, 0.3) is 0 Å². The van der Waals surface area contributed by atoms with Crippen molar-refractivity contribution >= 4 is 0 Å². The molecule has 3 atom stereocenters. The van der Waals surface area contributed by atoms with Crippen LogP contribution in [-0.4, -0.2) is 47.8 Å². The lowest BCUT2D eigenvalue weighted by molar-refractivity contribution is 0.0539. The van der Waals surface area contributed by atoms with E-state index in [0.29, 0.717) is 12.1 Å². The average Bonchev–Trinajstić information content (AvgIpc) is 2.44. The molecule has 3 unspecified atom stereocenters. The van der Waals surface area contributed by atoms with Gasteiger partial charge in [-0.3, -0.25) is 0 Å². The van der Waals surface area contributed by atoms with Crippen LogP contribution in [0.2, 0.25) is 0 Å². The Kier molecular flexibility index (Phi) is 7.33. The summed E-state index contributed by atoms with van der Waals surface area (Å²) in [4.78, 5) is 2.54. The Balaban J connectivity index is 2.60. The zero-order valence-electron chi connectivity index (χ0n) is 13.4. The van der Waals surface area contributed by atoms with Crippen LogP contribution >= 0.6 is 0 Å². The Morgan fingerprint density at radius 3 is 2.68 bits per heavy atom. The van der Waals surface area contributed by atoms with Crippen LogP contribution in [0.15, 0.2) is 0 Å². The molecule has 1 fully saturated rings. The fourth-order valence-corrected chi connectivity index (χ4v) is 3.41. The van der Waals surface area contributed by atoms with Crippen LogP contribution in [0, 0.1) is 0 Å². The predicted octanol–water partition coefficient (Wildman–Crippen LogP) is 2.78. The zero-order chi connectivity index (χ0) is 14.3. The molecule has 2 N–H and O–H groups in total. The summed E-state index contributed by atoms with van der Waals surface area (Å²) in [5.74, 6) is 0. The molecule has 0 spiro atoms. The maximum atomic E-state index is 9.83. The van der Waals surface area contributed by atoms with Gasteiger partial charge in [-0.15, -0.1) is 0 Å². The van der Waals surface area contributed by atoms with E-state index in [4.69, 9.17) is 0 Å². The highest BCUT2D eigenvalue weighted by molar-refractivity contribution is 4.96. The Labute approximate surface area is 119 Å². The quantitative estimate of drug-likeness (QED) is 0.712. The number of aliphatic hydroxyl groups excluding tert-OH is 1. The average molecular weight is 270 g/mol. The fraction of sp³-hybridized carbons (Fsp3) is 1.00. The van der Waals surface area contributed by atoms with Gasteiger partial charge in [-0.25, -0.2) is 0 Å². The van der Waals surface area contributed by atoms with Crippen molar-refractivity contribution in [3.63, 3.8) is 0 Å². The van der Waals surface area contributed by atoms with E-state index in [1.54, 1.807) is 0 Å². The highest BCUT2D eigenvalue weighted by Crippen LogP contribution is 2.31. The SMILES string of the molecule is CCCNC1(CO)CCCC(N(C)C(C)CCC)C1. The number of aliphatic hydroxyl groups is 1. The molecule has 0 bridgehead atoms. The second kappa shape index (κ2) is 8.23. The van der Waals surface area contributed by atoms with Crippen LogP contribution in [0.1, 0.15) is 65.7 Å². The normalized spacial score (nSPS) is 29.7. The Morgan fingerprint density at radius 1 is 1.37 bits per heavy atom. The van der Waals surface area contributed by atoms with Crippen molar-refractivity contribution in [2.45, 2.75) is 83.3 Å². The van der Waals surface area contributed by atoms with Crippen LogP contribution < -0.4 is 5.32 Å². The van der Waals surface area contributed by atoms with Crippen molar-refractivity contribution in [3.05, 3.63) is 0 Å². The number of hydrogen-bond donors (Lipinski definition) is 2. The lowest BCUT2D eigenvalue weighted by Crippen LogP contribution is -2.56. The Bertz CT molecular complexity index is 247. The van der Waals surface area contributed by atoms with E-state index in [-0.39, 0.29) is 12.1 Å². The third kappa shape index (κ3) is 4.73. The molecule has 0 aliphatic heterocycles. The van der Waals surface area contributed by atoms with Gasteiger partial charge in [0.15, 0.2) is 0 Å². The molecule has 19 heavy (non-hydrogen) atoms. The molecular weight excluding hydrogens is 236 g/mol. The summed E-state index contributed by atoms with van der Waals surface area (Å²) in [6.07, 6.45) is 8.36. The van der Waals surface area contributed by atoms with E-state index >= 15 is 0 Å². The summed E-state index contributed by atoms with van der Waals surface area (Å²) in [6.45, 7) is 8.07. The van der Waals surface area contributed by atoms with Crippen LogP contribution in [-0.2, 0) is 0 Å². The first-order valence-corrected chi connectivity index (χ1v) is 8.16. The van der Waals surface area contributed by atoms with Crippen molar-refractivity contribution in [2.24, 2.45) is 0 Å². The summed E-state index contributed by atoms with van der Waals surface area (Å²) >= 11 is 0. The molecule has 3 nitrogen and oxygen atoms in total. The number of nitrogens with zero attached hydrogens (tertiary/aromatic N) is 1. The maximum Gasteiger partial charge on any atom is 0.0613 e. The summed E-state index contributed by atoms with van der Waals surface area (Å²) in [5, 5.41) is 13.4. The molecule has 0 aromatic heterocycles. The minimum atomic E-state index is -0.0286. The third-order valence-electron chi connectivity index (χ3n) is 4.85. The van der Waals surface area contributed by atoms with Gasteiger partial charge in [-0.2, -0.15) is 0 Å². The summed E-state index contributed by atoms with van der Waals surface area (Å²) in [5.41, 5.74) is -0.0286. The van der Waals surface area contributed by atoms with Crippen molar-refractivity contribution in [3.8, 4) is 0 Å². The van der Waals surface area contributed by atoms with Crippen molar-refractivity contribution < 1.29 is 5.11 Å². The molecule has 0 heterocycles. The van der Waals surface area contributed by atoms with Crippen molar-refractivity contribution in [2.75, 3.05) is 20.2 Å². The zero-order valence-corrected chi connectivity index (χ0v) is 13.4. The van der Waals surface area contributed by atoms with E-state index in [9.17, 15) is 5.11 Å². The van der Waals surface area contributed by atoms with Gasteiger partial charge in [0.2, 0.25) is 0 Å². The summed E-state index contributed by atoms with van der Waals surface area (Å²) in [6, 6.07) is 1.27. The molecule has 0 aromatic rings. The summed E-state index contributed by atoms with van der Waals surface area (Å²) < 4.78 is 0. The highest BCUT2D eigenvalue weighted by Gasteiger charge is 2.37. The molecule has 1 rings (SSSR count). The lowest BCUT2D eigenvalue weighted by Gasteiger charge is -2.45. The Morgan fingerprint density at radius 2 is 2.11 bits per heavy atom. The van der Waals surface area contributed by atoms with Gasteiger partial charge in [-0.1, -0.05) is 20.3 Å². The first-order valence-electron chi connectivity index (χ1n) is 8.16. The molecule has 3 heteroatoms. The minimum absolute atomic E-state index is 0.0286. The van der Waals surface area contributed by atoms with Crippen molar-refractivity contribution in [1.82, 2.24) is 10.2 Å². The molecule has 1 saturated carbocycles. The highest BCUT2D eigenvalue weighted by atomic mass is 16.3. The summed E-state index contributed by atoms with van der Waals surface area (Å²) in [7, 11) is 2.26. The van der Waals surface area contributed by atoms with Gasteiger partial charge in [0.25, 0.3) is 0 Å². The fourth-order valence-electron chi connectivity index (χ4n) is 3.41. The number of nitrogens with one attached hydrogen (secondary N) is 1. The van der Waals surface area contributed by atoms with Gasteiger partial charge in [0, 0.05) is 17.6 Å². The smallest absolute Gasteiger partial charge is 0.0613 e. The van der Waals surface area contributed by atoms with E-state index in [2.05, 4.69) is 38.0 Å². The number of hydrogen-bond acceptors (Lipinski definition) is 3. The maximum absolute atomic E-state index is 9.83. The van der Waals surface area contributed by atoms with E-state index in [0.717, 1.165) is 25.8 Å². The van der Waals surface area contributed by atoms with Crippen LogP contribution in [0.3, 0.4) is 0 Å². The van der Waals surface area contributed by atoms with E-state index in [1.165, 1.54) is 25.7 Å². The molecule has 114 valence electrons. The van der Waals surface area contributed by atoms with Gasteiger partial charge < -0.3 is 15.3 Å². The molecule has 0 aromatic carbocycles. The first kappa shape index (κ1) is 16.9. The van der Waals surface area contributed by atoms with Gasteiger partial charge >= 0.3 is 0 Å². The van der Waals surface area contributed by atoms with Gasteiger partial charge in [0.05, 0.1) is 6.61 Å². The largest absolute Gasteiger partial charge is 0.394 e. The molecule has 0 radical (unpaired) electrons. The lowest BCUT2D eigenvalue weighted by atomic mass is 9.78. The van der Waals surface area contributed by atoms with Crippen LogP contribution in [0.4, 0.5) is 0 Å². The van der Waals surface area contributed by atoms with E-state index in [1.807, 2.05) is 0 Å². The molecular formula is C16H34N2O. The monoisotopic (exact) mass is 270 g/mol. The van der Waals surface area contributed by atoms with Crippen LogP contribution in [0.5, 0.6) is 0 Å². The second-order valence-electron chi connectivity index (χ2n) is 6.42. The molecule has 0 saturated heterocycles. The topological polar surface area (TPSA) is 35.5 Å². The van der Waals surface area contributed by atoms with E-state index < -0.39 is 0 Å². The molecule has 1 aliphatic carbocycles. The van der Waals surface area contributed by atoms with Gasteiger partial charge in [-0.05, 0) is 59.0 Å². The second-order valence-corrected chi connectivity index (χ2v) is 6.42. The third-order valence-corrected chi connectivity index (χ3v) is 4.85. The van der Waals surface area contributed by atoms with Gasteiger partial charge in [0.1, 0.15) is 0 Å². The Hall–Kier alpha value is -0.120. The molecule has 1 aliphatic rings. The number of rotatable bonds is 8. The predicted molar refractivity (Wildman–Crippen MR) is 82.5 cm³/mol.